The van der Waals surface area contributed by atoms with E-state index in [2.05, 4.69) is 30.1 Å². The molecule has 1 aromatic carbocycles. The lowest BCUT2D eigenvalue weighted by atomic mass is 9.98. The Bertz CT molecular complexity index is 469. The van der Waals surface area contributed by atoms with Crippen LogP contribution in [0.4, 0.5) is 5.69 Å². The number of nitrogens with one attached hydrogen (secondary N) is 1. The molecule has 1 fully saturated rings. The second-order valence-electron chi connectivity index (χ2n) is 4.95. The summed E-state index contributed by atoms with van der Waals surface area (Å²) in [7, 11) is 0. The van der Waals surface area contributed by atoms with Gasteiger partial charge in [-0.3, -0.25) is 4.79 Å². The van der Waals surface area contributed by atoms with Gasteiger partial charge in [-0.15, -0.1) is 0 Å². The van der Waals surface area contributed by atoms with E-state index in [9.17, 15) is 4.79 Å². The maximum atomic E-state index is 12.0. The highest BCUT2D eigenvalue weighted by atomic mass is 16.2. The van der Waals surface area contributed by atoms with E-state index >= 15 is 0 Å². The molecule has 1 N–H and O–H groups in total. The third kappa shape index (κ3) is 1.11. The van der Waals surface area contributed by atoms with Gasteiger partial charge in [-0.05, 0) is 38.3 Å². The predicted octanol–water partition coefficient (Wildman–Crippen LogP) is 2.05. The van der Waals surface area contributed by atoms with E-state index in [1.165, 1.54) is 5.56 Å². The van der Waals surface area contributed by atoms with Crippen molar-refractivity contribution in [2.75, 3.05) is 11.4 Å². The lowest BCUT2D eigenvalue weighted by molar-refractivity contribution is 0.0897. The van der Waals surface area contributed by atoms with Gasteiger partial charge in [0.2, 0.25) is 0 Å². The van der Waals surface area contributed by atoms with Gasteiger partial charge >= 0.3 is 0 Å². The van der Waals surface area contributed by atoms with Crippen LogP contribution in [0, 0.1) is 6.92 Å². The Hall–Kier alpha value is -1.51. The first-order valence-electron chi connectivity index (χ1n) is 5.82. The van der Waals surface area contributed by atoms with Gasteiger partial charge in [-0.2, -0.15) is 0 Å². The number of amides is 1. The summed E-state index contributed by atoms with van der Waals surface area (Å²) in [5.41, 5.74) is 2.97. The van der Waals surface area contributed by atoms with Crippen LogP contribution in [0.5, 0.6) is 0 Å². The molecular formula is C13H16N2O. The van der Waals surface area contributed by atoms with Crippen LogP contribution in [-0.4, -0.2) is 18.1 Å². The number of anilines is 1. The van der Waals surface area contributed by atoms with Crippen LogP contribution in [0.1, 0.15) is 35.7 Å². The van der Waals surface area contributed by atoms with E-state index in [1.54, 1.807) is 0 Å². The molecule has 2 aliphatic heterocycles. The molecule has 1 saturated heterocycles. The average Bonchev–Trinajstić information content (AvgIpc) is 2.60. The van der Waals surface area contributed by atoms with Crippen molar-refractivity contribution in [2.24, 2.45) is 0 Å². The SMILES string of the molecule is Cc1cccc2c1N1CCCC1(C)NC2=O. The molecule has 3 heteroatoms. The van der Waals surface area contributed by atoms with E-state index < -0.39 is 0 Å². The van der Waals surface area contributed by atoms with Crippen molar-refractivity contribution in [1.29, 1.82) is 0 Å². The third-order valence-electron chi connectivity index (χ3n) is 3.78. The van der Waals surface area contributed by atoms with Gasteiger partial charge in [-0.25, -0.2) is 0 Å². The number of carbonyl (C=O) groups is 1. The van der Waals surface area contributed by atoms with Crippen molar-refractivity contribution in [3.63, 3.8) is 0 Å². The molecular weight excluding hydrogens is 200 g/mol. The number of nitrogens with zero attached hydrogens (tertiary/aromatic N) is 1. The lowest BCUT2D eigenvalue weighted by Crippen LogP contribution is -2.59. The Morgan fingerprint density at radius 3 is 3.06 bits per heavy atom. The molecule has 2 heterocycles. The number of fused-ring (bicyclic) bond motifs is 3. The van der Waals surface area contributed by atoms with Crippen LogP contribution >= 0.6 is 0 Å². The standard InChI is InChI=1S/C13H16N2O/c1-9-5-3-6-10-11(9)15-8-4-7-13(15,2)14-12(10)16/h3,5-6H,4,7-8H2,1-2H3,(H,14,16). The normalized spacial score (nSPS) is 27.4. The number of rotatable bonds is 0. The molecule has 2 aliphatic rings. The van der Waals surface area contributed by atoms with Crippen molar-refractivity contribution in [1.82, 2.24) is 5.32 Å². The largest absolute Gasteiger partial charge is 0.348 e. The fourth-order valence-electron chi connectivity index (χ4n) is 2.96. The molecule has 0 bridgehead atoms. The molecule has 0 saturated carbocycles. The fourth-order valence-corrected chi connectivity index (χ4v) is 2.96. The molecule has 1 aromatic rings. The van der Waals surface area contributed by atoms with Crippen LogP contribution in [0.15, 0.2) is 18.2 Å². The monoisotopic (exact) mass is 216 g/mol. The van der Waals surface area contributed by atoms with Crippen molar-refractivity contribution in [2.45, 2.75) is 32.4 Å². The zero-order valence-corrected chi connectivity index (χ0v) is 9.71. The summed E-state index contributed by atoms with van der Waals surface area (Å²) in [6.07, 6.45) is 2.18. The predicted molar refractivity (Wildman–Crippen MR) is 63.6 cm³/mol. The second kappa shape index (κ2) is 3.00. The molecule has 1 atom stereocenters. The van der Waals surface area contributed by atoms with E-state index in [1.807, 2.05) is 12.1 Å². The van der Waals surface area contributed by atoms with E-state index in [0.717, 1.165) is 30.6 Å². The van der Waals surface area contributed by atoms with E-state index in [0.29, 0.717) is 0 Å². The Morgan fingerprint density at radius 1 is 1.44 bits per heavy atom. The average molecular weight is 216 g/mol. The summed E-state index contributed by atoms with van der Waals surface area (Å²) >= 11 is 0. The topological polar surface area (TPSA) is 32.3 Å². The lowest BCUT2D eigenvalue weighted by Gasteiger charge is -2.43. The highest BCUT2D eigenvalue weighted by molar-refractivity contribution is 6.03. The number of aryl methyl sites for hydroxylation is 1. The second-order valence-corrected chi connectivity index (χ2v) is 4.95. The summed E-state index contributed by atoms with van der Waals surface area (Å²) in [6.45, 7) is 5.23. The minimum absolute atomic E-state index is 0.0688. The van der Waals surface area contributed by atoms with Gasteiger partial charge in [0.15, 0.2) is 0 Å². The molecule has 0 radical (unpaired) electrons. The summed E-state index contributed by atoms with van der Waals surface area (Å²) in [6, 6.07) is 5.94. The van der Waals surface area contributed by atoms with Crippen molar-refractivity contribution in [3.8, 4) is 0 Å². The first-order valence-corrected chi connectivity index (χ1v) is 5.82. The van der Waals surface area contributed by atoms with Crippen molar-refractivity contribution < 1.29 is 4.79 Å². The summed E-state index contributed by atoms with van der Waals surface area (Å²) in [4.78, 5) is 14.4. The van der Waals surface area contributed by atoms with Crippen LogP contribution in [0.25, 0.3) is 0 Å². The fraction of sp³-hybridized carbons (Fsp3) is 0.462. The Balaban J connectivity index is 2.23. The molecule has 0 aromatic heterocycles. The smallest absolute Gasteiger partial charge is 0.255 e. The quantitative estimate of drug-likeness (QED) is 0.720. The molecule has 3 rings (SSSR count). The minimum atomic E-state index is -0.170. The zero-order chi connectivity index (χ0) is 11.3. The molecule has 0 spiro atoms. The van der Waals surface area contributed by atoms with Gasteiger partial charge in [-0.1, -0.05) is 12.1 Å². The van der Waals surface area contributed by atoms with Gasteiger partial charge in [0.05, 0.1) is 11.3 Å². The first-order chi connectivity index (χ1) is 7.62. The Labute approximate surface area is 95.4 Å². The van der Waals surface area contributed by atoms with Crippen LogP contribution in [0.3, 0.4) is 0 Å². The molecule has 1 unspecified atom stereocenters. The van der Waals surface area contributed by atoms with Crippen molar-refractivity contribution >= 4 is 11.6 Å². The Morgan fingerprint density at radius 2 is 2.25 bits per heavy atom. The molecule has 84 valence electrons. The van der Waals surface area contributed by atoms with Gasteiger partial charge in [0, 0.05) is 6.54 Å². The molecule has 16 heavy (non-hydrogen) atoms. The zero-order valence-electron chi connectivity index (χ0n) is 9.71. The third-order valence-corrected chi connectivity index (χ3v) is 3.78. The highest BCUT2D eigenvalue weighted by Gasteiger charge is 2.43. The molecule has 0 aliphatic carbocycles. The maximum absolute atomic E-state index is 12.0. The number of hydrogen-bond donors (Lipinski definition) is 1. The summed E-state index contributed by atoms with van der Waals surface area (Å²) < 4.78 is 0. The van der Waals surface area contributed by atoms with E-state index in [4.69, 9.17) is 0 Å². The Kier molecular flexibility index (Phi) is 1.82. The minimum Gasteiger partial charge on any atom is -0.348 e. The number of carbonyl (C=O) groups excluding carboxylic acids is 1. The number of benzene rings is 1. The maximum Gasteiger partial charge on any atom is 0.255 e. The van der Waals surface area contributed by atoms with Crippen LogP contribution in [-0.2, 0) is 0 Å². The van der Waals surface area contributed by atoms with Crippen LogP contribution in [0.2, 0.25) is 0 Å². The molecule has 3 nitrogen and oxygen atoms in total. The summed E-state index contributed by atoms with van der Waals surface area (Å²) in [5, 5.41) is 3.13. The highest BCUT2D eigenvalue weighted by Crippen LogP contribution is 2.39. The summed E-state index contributed by atoms with van der Waals surface area (Å²) in [5.74, 6) is 0.0688. The number of para-hydroxylation sites is 1. The van der Waals surface area contributed by atoms with Gasteiger partial charge in [0.1, 0.15) is 5.66 Å². The van der Waals surface area contributed by atoms with Crippen molar-refractivity contribution in [3.05, 3.63) is 29.3 Å². The van der Waals surface area contributed by atoms with E-state index in [-0.39, 0.29) is 11.6 Å². The first kappa shape index (κ1) is 9.70. The van der Waals surface area contributed by atoms with Gasteiger partial charge < -0.3 is 10.2 Å². The van der Waals surface area contributed by atoms with Gasteiger partial charge in [0.25, 0.3) is 5.91 Å². The number of hydrogen-bond acceptors (Lipinski definition) is 2. The van der Waals surface area contributed by atoms with Crippen LogP contribution < -0.4 is 10.2 Å². The molecule has 1 amide bonds.